The number of aromatic nitrogens is 1. The van der Waals surface area contributed by atoms with Gasteiger partial charge in [0.1, 0.15) is 16.7 Å². The zero-order chi connectivity index (χ0) is 16.1. The highest BCUT2D eigenvalue weighted by Crippen LogP contribution is 2.30. The third kappa shape index (κ3) is 2.34. The molecule has 0 saturated carbocycles. The molecule has 2 atom stereocenters. The monoisotopic (exact) mass is 324 g/mol. The van der Waals surface area contributed by atoms with E-state index < -0.39 is 21.4 Å². The number of hydrogen-bond donors (Lipinski definition) is 3. The maximum atomic E-state index is 12.2. The number of amides is 1. The first-order valence-corrected chi connectivity index (χ1v) is 8.27. The molecule has 1 aromatic heterocycles. The van der Waals surface area contributed by atoms with Crippen molar-refractivity contribution in [2.24, 2.45) is 0 Å². The van der Waals surface area contributed by atoms with E-state index >= 15 is 0 Å². The second-order valence-corrected chi connectivity index (χ2v) is 7.17. The van der Waals surface area contributed by atoms with Crippen molar-refractivity contribution in [2.75, 3.05) is 7.11 Å². The first-order chi connectivity index (χ1) is 10.3. The first-order valence-electron chi connectivity index (χ1n) is 6.77. The van der Waals surface area contributed by atoms with Crippen LogP contribution in [0.15, 0.2) is 18.2 Å². The van der Waals surface area contributed by atoms with E-state index in [4.69, 9.17) is 4.74 Å². The van der Waals surface area contributed by atoms with Gasteiger partial charge in [0.2, 0.25) is 0 Å². The molecule has 0 radical (unpaired) electrons. The molecule has 1 aliphatic rings. The fourth-order valence-corrected chi connectivity index (χ4v) is 3.34. The summed E-state index contributed by atoms with van der Waals surface area (Å²) in [5.74, 6) is 0.275. The van der Waals surface area contributed by atoms with E-state index in [-0.39, 0.29) is 5.91 Å². The summed E-state index contributed by atoms with van der Waals surface area (Å²) in [6.45, 7) is 1.38. The van der Waals surface area contributed by atoms with E-state index in [1.807, 2.05) is 0 Å². The van der Waals surface area contributed by atoms with Gasteiger partial charge < -0.3 is 15.0 Å². The molecule has 22 heavy (non-hydrogen) atoms. The lowest BCUT2D eigenvalue weighted by molar-refractivity contribution is 0.0920. The smallest absolute Gasteiger partial charge is 0.269 e. The highest BCUT2D eigenvalue weighted by Gasteiger charge is 2.35. The molecule has 7 nitrogen and oxygen atoms in total. The van der Waals surface area contributed by atoms with Crippen LogP contribution >= 0.6 is 0 Å². The second kappa shape index (κ2) is 4.99. The largest absolute Gasteiger partial charge is 0.497 e. The molecule has 2 heterocycles. The summed E-state index contributed by atoms with van der Waals surface area (Å²) < 4.78 is 37.1. The minimum Gasteiger partial charge on any atom is -0.497 e. The van der Waals surface area contributed by atoms with Crippen molar-refractivity contribution in [2.45, 2.75) is 24.6 Å². The number of benzene rings is 1. The molecule has 0 bridgehead atoms. The van der Waals surface area contributed by atoms with Crippen LogP contribution in [-0.2, 0) is 16.5 Å². The van der Waals surface area contributed by atoms with Crippen LogP contribution in [0.5, 0.6) is 5.75 Å². The summed E-state index contributed by atoms with van der Waals surface area (Å²) in [6.07, 6.45) is 0.315. The number of aromatic amines is 1. The predicted molar refractivity (Wildman–Crippen MR) is 80.8 cm³/mol. The lowest BCUT2D eigenvalue weighted by Gasteiger charge is -2.27. The molecule has 0 saturated heterocycles. The summed E-state index contributed by atoms with van der Waals surface area (Å²) in [4.78, 5) is 15.2. The van der Waals surface area contributed by atoms with Crippen molar-refractivity contribution >= 4 is 26.9 Å². The van der Waals surface area contributed by atoms with Gasteiger partial charge in [0.25, 0.3) is 16.0 Å². The van der Waals surface area contributed by atoms with Gasteiger partial charge in [-0.15, -0.1) is 0 Å². The lowest BCUT2D eigenvalue weighted by Crippen LogP contribution is -2.49. The molecular weight excluding hydrogens is 308 g/mol. The maximum Gasteiger partial charge on any atom is 0.269 e. The van der Waals surface area contributed by atoms with Gasteiger partial charge in [-0.2, -0.15) is 8.42 Å². The molecule has 2 unspecified atom stereocenters. The van der Waals surface area contributed by atoms with Gasteiger partial charge in [0.05, 0.1) is 13.2 Å². The number of carbonyl (C=O) groups is 1. The number of nitrogens with one attached hydrogen (secondary N) is 2. The van der Waals surface area contributed by atoms with Crippen molar-refractivity contribution < 1.29 is 22.5 Å². The van der Waals surface area contributed by atoms with Gasteiger partial charge in [0, 0.05) is 10.9 Å². The molecule has 118 valence electrons. The van der Waals surface area contributed by atoms with Crippen LogP contribution in [0, 0.1) is 0 Å². The Hall–Kier alpha value is -2.06. The van der Waals surface area contributed by atoms with Crippen molar-refractivity contribution in [3.63, 3.8) is 0 Å². The third-order valence-corrected chi connectivity index (χ3v) is 5.39. The minimum atomic E-state index is -4.23. The first kappa shape index (κ1) is 14.9. The van der Waals surface area contributed by atoms with Crippen LogP contribution in [0.25, 0.3) is 10.9 Å². The molecule has 0 aliphatic carbocycles. The van der Waals surface area contributed by atoms with Gasteiger partial charge in [-0.05, 0) is 37.1 Å². The Morgan fingerprint density at radius 2 is 2.14 bits per heavy atom. The van der Waals surface area contributed by atoms with Gasteiger partial charge in [0.15, 0.2) is 0 Å². The molecule has 3 N–H and O–H groups in total. The van der Waals surface area contributed by atoms with Crippen molar-refractivity contribution in [3.8, 4) is 5.75 Å². The minimum absolute atomic E-state index is 0.315. The maximum absolute atomic E-state index is 12.2. The highest BCUT2D eigenvalue weighted by atomic mass is 32.2. The molecule has 2 aromatic rings. The van der Waals surface area contributed by atoms with Gasteiger partial charge in [-0.3, -0.25) is 9.35 Å². The standard InChI is InChI=1S/C14H16N2O5S/c1-7(22(18,19)20)12-6-10-9-5-8(21-2)3-4-11(9)15-13(10)14(17)16-12/h3-5,7,12,15H,6H2,1-2H3,(H,16,17)(H,18,19,20). The Labute approximate surface area is 127 Å². The highest BCUT2D eigenvalue weighted by molar-refractivity contribution is 7.86. The number of H-pyrrole nitrogens is 1. The molecule has 3 rings (SSSR count). The van der Waals surface area contributed by atoms with E-state index in [0.29, 0.717) is 17.9 Å². The number of rotatable bonds is 3. The van der Waals surface area contributed by atoms with Gasteiger partial charge in [-0.1, -0.05) is 0 Å². The SMILES string of the molecule is COc1ccc2[nH]c3c(c2c1)CC(C(C)S(=O)(=O)O)NC3=O. The molecule has 0 fully saturated rings. The van der Waals surface area contributed by atoms with Crippen molar-refractivity contribution in [1.29, 1.82) is 0 Å². The summed E-state index contributed by atoms with van der Waals surface area (Å²) in [6, 6.07) is 4.71. The van der Waals surface area contributed by atoms with Gasteiger partial charge in [-0.25, -0.2) is 0 Å². The van der Waals surface area contributed by atoms with Crippen LogP contribution < -0.4 is 10.1 Å². The molecule has 1 aromatic carbocycles. The lowest BCUT2D eigenvalue weighted by atomic mass is 9.96. The second-order valence-electron chi connectivity index (χ2n) is 5.39. The topological polar surface area (TPSA) is 108 Å². The summed E-state index contributed by atoms with van der Waals surface area (Å²) >= 11 is 0. The van der Waals surface area contributed by atoms with E-state index in [1.165, 1.54) is 6.92 Å². The predicted octanol–water partition coefficient (Wildman–Crippen LogP) is 1.11. The normalized spacial score (nSPS) is 19.6. The Morgan fingerprint density at radius 1 is 1.41 bits per heavy atom. The number of carbonyl (C=O) groups excluding carboxylic acids is 1. The van der Waals surface area contributed by atoms with Crippen LogP contribution in [0.1, 0.15) is 23.0 Å². The van der Waals surface area contributed by atoms with E-state index in [0.717, 1.165) is 16.5 Å². The number of fused-ring (bicyclic) bond motifs is 3. The average molecular weight is 324 g/mol. The zero-order valence-corrected chi connectivity index (χ0v) is 12.9. The summed E-state index contributed by atoms with van der Waals surface area (Å²) in [7, 11) is -2.68. The van der Waals surface area contributed by atoms with Crippen LogP contribution in [0.2, 0.25) is 0 Å². The Balaban J connectivity index is 2.09. The van der Waals surface area contributed by atoms with E-state index in [9.17, 15) is 17.8 Å². The van der Waals surface area contributed by atoms with Crippen molar-refractivity contribution in [1.82, 2.24) is 10.3 Å². The average Bonchev–Trinajstić information content (AvgIpc) is 2.84. The van der Waals surface area contributed by atoms with Crippen molar-refractivity contribution in [3.05, 3.63) is 29.5 Å². The molecule has 8 heteroatoms. The Bertz CT molecular complexity index is 855. The summed E-state index contributed by atoms with van der Waals surface area (Å²) in [5, 5.41) is 2.36. The third-order valence-electron chi connectivity index (χ3n) is 4.12. The number of methoxy groups -OCH3 is 1. The van der Waals surface area contributed by atoms with Crippen LogP contribution in [0.3, 0.4) is 0 Å². The Morgan fingerprint density at radius 3 is 2.77 bits per heavy atom. The molecule has 1 amide bonds. The molecule has 1 aliphatic heterocycles. The van der Waals surface area contributed by atoms with Crippen LogP contribution in [-0.4, -0.2) is 42.3 Å². The van der Waals surface area contributed by atoms with Crippen LogP contribution in [0.4, 0.5) is 0 Å². The summed E-state index contributed by atoms with van der Waals surface area (Å²) in [5.41, 5.74) is 1.93. The van der Waals surface area contributed by atoms with E-state index in [2.05, 4.69) is 10.3 Å². The quantitative estimate of drug-likeness (QED) is 0.733. The molecular formula is C14H16N2O5S. The van der Waals surface area contributed by atoms with E-state index in [1.54, 1.807) is 25.3 Å². The number of hydrogen-bond acceptors (Lipinski definition) is 4. The fraction of sp³-hybridized carbons (Fsp3) is 0.357. The number of ether oxygens (including phenoxy) is 1. The zero-order valence-electron chi connectivity index (χ0n) is 12.1. The molecule has 0 spiro atoms. The van der Waals surface area contributed by atoms with Gasteiger partial charge >= 0.3 is 0 Å². The Kier molecular flexibility index (Phi) is 3.37. The fourth-order valence-electron chi connectivity index (χ4n) is 2.76.